The molecule has 1 fully saturated rings. The van der Waals surface area contributed by atoms with Crippen molar-refractivity contribution < 1.29 is 47.2 Å². The fraction of sp³-hybridized carbons (Fsp3) is 0.391. The fourth-order valence-electron chi connectivity index (χ4n) is 5.25. The standard InChI is InChI=1S/C23H28N8O11P2S2/c1-26-17(24)9-3-5-30(18(9)27-2)21-14(33)15-12(40-21)8-38-44(36,46)42-16-13(32)11(7-37-43(35,45)41-15)39-22(16)31-6-4-10-19(31)28-23(25)29-20(10)34/h3-6,12,14-16,21-22,32-33H,2,7-8H2,1H3,(H2,24,26)(H,35,45)(H,36,46)(H3,25,28,29,34)/t12-,14?,15?,16?,21-,22-,43?,44?/m1/s1. The van der Waals surface area contributed by atoms with Crippen LogP contribution in [-0.4, -0.2) is 91.4 Å². The molecule has 248 valence electrons. The van der Waals surface area contributed by atoms with Crippen molar-refractivity contribution in [3.8, 4) is 0 Å². The number of aromatic amines is 1. The summed E-state index contributed by atoms with van der Waals surface area (Å²) in [6.07, 6.45) is -5.31. The predicted octanol–water partition coefficient (Wildman–Crippen LogP) is 1.10. The second kappa shape index (κ2) is 12.2. The highest BCUT2D eigenvalue weighted by Gasteiger charge is 2.51. The molecule has 0 aromatic carbocycles. The van der Waals surface area contributed by atoms with Gasteiger partial charge >= 0.3 is 13.5 Å². The van der Waals surface area contributed by atoms with Gasteiger partial charge in [-0.3, -0.25) is 32.9 Å². The van der Waals surface area contributed by atoms with Crippen LogP contribution >= 0.6 is 25.8 Å². The number of hydrogen-bond acceptors (Lipinski definition) is 15. The molecule has 23 heteroatoms. The number of aromatic nitrogens is 4. The molecule has 3 aliphatic rings. The molecule has 3 aromatic rings. The number of nitrogen functional groups attached to an aromatic ring is 1. The summed E-state index contributed by atoms with van der Waals surface area (Å²) in [7, 11) is 1.49. The Morgan fingerprint density at radius 2 is 2.00 bits per heavy atom. The first-order valence-electron chi connectivity index (χ1n) is 13.2. The van der Waals surface area contributed by atoms with E-state index < -0.39 is 74.9 Å². The van der Waals surface area contributed by atoms with Crippen LogP contribution in [0.3, 0.4) is 0 Å². The van der Waals surface area contributed by atoms with Crippen LogP contribution in [0, 0.1) is 0 Å². The molecule has 19 nitrogen and oxygen atoms in total. The summed E-state index contributed by atoms with van der Waals surface area (Å²) in [4.78, 5) is 37.9. The van der Waals surface area contributed by atoms with Crippen LogP contribution in [0.1, 0.15) is 18.0 Å². The second-order valence-electron chi connectivity index (χ2n) is 10.1. The second-order valence-corrected chi connectivity index (χ2v) is 15.8. The number of thiol groups is 1. The highest BCUT2D eigenvalue weighted by Crippen LogP contribution is 2.58. The Balaban J connectivity index is 1.33. The molecule has 5 unspecified atom stereocenters. The lowest BCUT2D eigenvalue weighted by atomic mass is 10.1. The average Bonchev–Trinajstić information content (AvgIpc) is 3.75. The van der Waals surface area contributed by atoms with E-state index in [1.807, 2.05) is 0 Å². The van der Waals surface area contributed by atoms with E-state index in [9.17, 15) is 24.5 Å². The van der Waals surface area contributed by atoms with Crippen LogP contribution in [0.15, 0.2) is 50.8 Å². The molecule has 6 heterocycles. The number of rotatable bonds is 4. The van der Waals surface area contributed by atoms with Crippen molar-refractivity contribution in [3.63, 3.8) is 0 Å². The average molecular weight is 719 g/mol. The topological polar surface area (TPSA) is 266 Å². The Kier molecular flexibility index (Phi) is 8.70. The van der Waals surface area contributed by atoms with E-state index in [4.69, 9.17) is 50.8 Å². The Labute approximate surface area is 269 Å². The molecule has 0 aliphatic carbocycles. The number of nitrogens with zero attached hydrogens (tertiary/aromatic N) is 5. The first kappa shape index (κ1) is 32.9. The number of anilines is 1. The van der Waals surface area contributed by atoms with Gasteiger partial charge in [-0.05, 0) is 30.7 Å². The minimum Gasteiger partial charge on any atom is -0.506 e. The van der Waals surface area contributed by atoms with Gasteiger partial charge in [0, 0.05) is 19.4 Å². The molecule has 2 bridgehead atoms. The zero-order chi connectivity index (χ0) is 33.1. The zero-order valence-electron chi connectivity index (χ0n) is 23.6. The number of nitrogens with two attached hydrogens (primary N) is 2. The summed E-state index contributed by atoms with van der Waals surface area (Å²) in [5, 5.41) is 22.5. The Morgan fingerprint density at radius 3 is 2.72 bits per heavy atom. The molecule has 0 radical (unpaired) electrons. The van der Waals surface area contributed by atoms with Crippen molar-refractivity contribution in [1.29, 1.82) is 0 Å². The number of H-pyrrole nitrogens is 1. The van der Waals surface area contributed by atoms with Crippen molar-refractivity contribution in [2.24, 2.45) is 15.7 Å². The molecule has 6 rings (SSSR count). The summed E-state index contributed by atoms with van der Waals surface area (Å²) >= 11 is 9.31. The Bertz CT molecular complexity index is 1930. The SMILES string of the molecule is C=Nc1c(C(N)=NC)ccn1[C@@H]1O[C@@H]2COP(O)(=S)OC3C(O)=C(COP(=O)(S)OC2C1O)O[C@H]3n1ccc2c(=O)[nH]c(N)nc21. The van der Waals surface area contributed by atoms with Crippen molar-refractivity contribution in [2.75, 3.05) is 26.0 Å². The van der Waals surface area contributed by atoms with Gasteiger partial charge in [0.25, 0.3) is 5.56 Å². The number of ether oxygens (including phenoxy) is 2. The van der Waals surface area contributed by atoms with E-state index in [1.54, 1.807) is 6.07 Å². The van der Waals surface area contributed by atoms with Gasteiger partial charge in [-0.1, -0.05) is 12.2 Å². The first-order chi connectivity index (χ1) is 21.7. The maximum Gasteiger partial charge on any atom is 0.386 e. The number of aliphatic hydroxyl groups excluding tert-OH is 2. The lowest BCUT2D eigenvalue weighted by Crippen LogP contribution is -2.36. The van der Waals surface area contributed by atoms with E-state index in [-0.39, 0.29) is 34.4 Å². The van der Waals surface area contributed by atoms with Gasteiger partial charge in [-0.25, -0.2) is 9.56 Å². The first-order valence-corrected chi connectivity index (χ1v) is 18.5. The van der Waals surface area contributed by atoms with Gasteiger partial charge in [-0.15, -0.1) is 0 Å². The van der Waals surface area contributed by atoms with Gasteiger partial charge in [0.1, 0.15) is 36.6 Å². The quantitative estimate of drug-likeness (QED) is 0.0862. The van der Waals surface area contributed by atoms with E-state index in [2.05, 4.69) is 38.9 Å². The van der Waals surface area contributed by atoms with E-state index >= 15 is 0 Å². The number of aliphatic hydroxyl groups is 2. The van der Waals surface area contributed by atoms with Crippen molar-refractivity contribution in [2.45, 2.75) is 36.9 Å². The van der Waals surface area contributed by atoms with Crippen molar-refractivity contribution in [3.05, 3.63) is 52.0 Å². The highest BCUT2D eigenvalue weighted by atomic mass is 32.7. The number of nitrogens with one attached hydrogen (secondary N) is 1. The maximum atomic E-state index is 13.4. The van der Waals surface area contributed by atoms with Crippen molar-refractivity contribution >= 4 is 72.9 Å². The van der Waals surface area contributed by atoms with Crippen LogP contribution in [0.4, 0.5) is 11.8 Å². The molecular formula is C23H28N8O11P2S2. The van der Waals surface area contributed by atoms with Gasteiger partial charge < -0.3 is 45.1 Å². The lowest BCUT2D eigenvalue weighted by Gasteiger charge is -2.27. The van der Waals surface area contributed by atoms with Gasteiger partial charge in [0.15, 0.2) is 29.5 Å². The summed E-state index contributed by atoms with van der Waals surface area (Å²) in [6.45, 7) is -6.28. The van der Waals surface area contributed by atoms with Crippen LogP contribution in [0.5, 0.6) is 0 Å². The molecule has 8 atom stereocenters. The largest absolute Gasteiger partial charge is 0.506 e. The number of hydrogen-bond donors (Lipinski definition) is 7. The van der Waals surface area contributed by atoms with Crippen LogP contribution in [0.25, 0.3) is 11.0 Å². The monoisotopic (exact) mass is 718 g/mol. The van der Waals surface area contributed by atoms with Crippen LogP contribution < -0.4 is 17.0 Å². The summed E-state index contributed by atoms with van der Waals surface area (Å²) in [5.74, 6) is -0.727. The third kappa shape index (κ3) is 5.93. The molecule has 3 aliphatic heterocycles. The van der Waals surface area contributed by atoms with Gasteiger partial charge in [0.2, 0.25) is 12.2 Å². The molecule has 0 saturated carbocycles. The van der Waals surface area contributed by atoms with Crippen molar-refractivity contribution in [1.82, 2.24) is 19.1 Å². The number of amidine groups is 1. The summed E-state index contributed by atoms with van der Waals surface area (Å²) < 4.78 is 50.4. The van der Waals surface area contributed by atoms with E-state index in [0.29, 0.717) is 5.56 Å². The molecule has 8 N–H and O–H groups in total. The molecule has 46 heavy (non-hydrogen) atoms. The molecule has 0 amide bonds. The molecule has 0 spiro atoms. The minimum absolute atomic E-state index is 0.0574. The van der Waals surface area contributed by atoms with E-state index in [0.717, 1.165) is 0 Å². The Morgan fingerprint density at radius 1 is 1.26 bits per heavy atom. The molecule has 1 saturated heterocycles. The summed E-state index contributed by atoms with van der Waals surface area (Å²) in [5.41, 5.74) is 11.6. The van der Waals surface area contributed by atoms with Crippen LogP contribution in [-0.2, 0) is 43.9 Å². The van der Waals surface area contributed by atoms with Crippen LogP contribution in [0.2, 0.25) is 0 Å². The third-order valence-electron chi connectivity index (χ3n) is 7.35. The minimum atomic E-state index is -4.35. The molecule has 3 aromatic heterocycles. The predicted molar refractivity (Wildman–Crippen MR) is 169 cm³/mol. The number of aliphatic imine (C=N–C) groups is 2. The smallest absolute Gasteiger partial charge is 0.386 e. The van der Waals surface area contributed by atoms with Gasteiger partial charge in [-0.2, -0.15) is 4.98 Å². The highest BCUT2D eigenvalue weighted by molar-refractivity contribution is 8.44. The number of fused-ring (bicyclic) bond motifs is 3. The lowest BCUT2D eigenvalue weighted by molar-refractivity contribution is -0.0535. The zero-order valence-corrected chi connectivity index (χ0v) is 27.1. The third-order valence-corrected chi connectivity index (χ3v) is 10.5. The van der Waals surface area contributed by atoms with Gasteiger partial charge in [0.05, 0.1) is 17.6 Å². The summed E-state index contributed by atoms with van der Waals surface area (Å²) in [6, 6.07) is 3.01. The normalized spacial score (nSPS) is 34.0. The Hall–Kier alpha value is -3.07. The van der Waals surface area contributed by atoms with E-state index in [1.165, 1.54) is 34.6 Å². The maximum absolute atomic E-state index is 13.4. The fourth-order valence-corrected chi connectivity index (χ4v) is 8.01. The molecular weight excluding hydrogens is 690 g/mol.